The van der Waals surface area contributed by atoms with Crippen LogP contribution >= 0.6 is 11.3 Å². The minimum atomic E-state index is -3.98. The van der Waals surface area contributed by atoms with Crippen LogP contribution in [0.5, 0.6) is 0 Å². The minimum absolute atomic E-state index is 0.0367. The highest BCUT2D eigenvalue weighted by Gasteiger charge is 2.33. The number of carbonyl (C=O) groups is 1. The fourth-order valence-corrected chi connectivity index (χ4v) is 4.43. The van der Waals surface area contributed by atoms with Crippen LogP contribution < -0.4 is 5.32 Å². The van der Waals surface area contributed by atoms with Crippen molar-refractivity contribution in [2.75, 3.05) is 19.5 Å². The zero-order valence-electron chi connectivity index (χ0n) is 10.6. The van der Waals surface area contributed by atoms with Gasteiger partial charge in [-0.25, -0.2) is 0 Å². The number of rotatable bonds is 5. The van der Waals surface area contributed by atoms with Crippen LogP contribution in [0.4, 0.5) is 5.00 Å². The Morgan fingerprint density at radius 1 is 1.50 bits per heavy atom. The lowest BCUT2D eigenvalue weighted by Gasteiger charge is -2.17. The number of nitrogens with zero attached hydrogens (tertiary/aromatic N) is 1. The van der Waals surface area contributed by atoms with Crippen LogP contribution in [0.3, 0.4) is 0 Å². The zero-order chi connectivity index (χ0) is 14.9. The molecule has 0 fully saturated rings. The van der Waals surface area contributed by atoms with Crippen molar-refractivity contribution in [3.8, 4) is 0 Å². The second-order valence-electron chi connectivity index (χ2n) is 3.86. The maximum Gasteiger partial charge on any atom is 0.311 e. The summed E-state index contributed by atoms with van der Waals surface area (Å²) in [7, 11) is -1.20. The van der Waals surface area contributed by atoms with E-state index in [0.717, 1.165) is 11.3 Å². The fraction of sp³-hybridized carbons (Fsp3) is 0.400. The van der Waals surface area contributed by atoms with E-state index in [0.29, 0.717) is 10.6 Å². The highest BCUT2D eigenvalue weighted by molar-refractivity contribution is 7.90. The van der Waals surface area contributed by atoms with Crippen molar-refractivity contribution in [1.82, 2.24) is 0 Å². The number of carboxylic acids is 1. The number of thiophene rings is 1. The van der Waals surface area contributed by atoms with Gasteiger partial charge in [-0.15, -0.1) is 15.7 Å². The molecule has 0 aliphatic carbocycles. The summed E-state index contributed by atoms with van der Waals surface area (Å²) >= 11 is 1.12. The summed E-state index contributed by atoms with van der Waals surface area (Å²) in [5.41, 5.74) is 0.334. The minimum Gasteiger partial charge on any atom is -0.481 e. The number of amidine groups is 1. The first kappa shape index (κ1) is 14.9. The molecular formula is C10H12N2O6S2. The molecule has 10 heteroatoms. The molecule has 0 radical (unpaired) electrons. The van der Waals surface area contributed by atoms with Gasteiger partial charge >= 0.3 is 5.97 Å². The first-order chi connectivity index (χ1) is 9.39. The van der Waals surface area contributed by atoms with Gasteiger partial charge in [-0.1, -0.05) is 0 Å². The van der Waals surface area contributed by atoms with Crippen LogP contribution in [0.1, 0.15) is 18.3 Å². The van der Waals surface area contributed by atoms with E-state index in [2.05, 4.69) is 9.71 Å². The summed E-state index contributed by atoms with van der Waals surface area (Å²) < 4.78 is 37.9. The van der Waals surface area contributed by atoms with E-state index in [1.807, 2.05) is 0 Å². The van der Waals surface area contributed by atoms with Crippen LogP contribution in [0.25, 0.3) is 0 Å². The van der Waals surface area contributed by atoms with Crippen LogP contribution in [0.2, 0.25) is 0 Å². The maximum absolute atomic E-state index is 12.2. The molecule has 8 nitrogen and oxygen atoms in total. The van der Waals surface area contributed by atoms with Gasteiger partial charge in [-0.05, 0) is 0 Å². The molecule has 0 amide bonds. The van der Waals surface area contributed by atoms with Crippen molar-refractivity contribution in [2.45, 2.75) is 17.6 Å². The quantitative estimate of drug-likeness (QED) is 0.779. The highest BCUT2D eigenvalue weighted by atomic mass is 32.2. The standard InChI is InChI=1S/C10H12N2O6S2/c1-17-10(18-2)5-4-19-9-8(5)20(15,16)12-6(11-9)3-7(13)14/h4,10H,3H2,1-2H3,(H,11,12)(H,13,14). The predicted octanol–water partition coefficient (Wildman–Crippen LogP) is 1.03. The van der Waals surface area contributed by atoms with E-state index in [-0.39, 0.29) is 10.7 Å². The van der Waals surface area contributed by atoms with Crippen molar-refractivity contribution < 1.29 is 27.8 Å². The van der Waals surface area contributed by atoms with Gasteiger partial charge in [-0.2, -0.15) is 8.42 Å². The number of hydrogen-bond donors (Lipinski definition) is 2. The van der Waals surface area contributed by atoms with E-state index in [4.69, 9.17) is 14.6 Å². The third kappa shape index (κ3) is 2.68. The highest BCUT2D eigenvalue weighted by Crippen LogP contribution is 2.40. The summed E-state index contributed by atoms with van der Waals surface area (Å²) in [6.45, 7) is 0. The van der Waals surface area contributed by atoms with Crippen LogP contribution in [0.15, 0.2) is 14.7 Å². The average molecular weight is 320 g/mol. The Morgan fingerprint density at radius 3 is 2.70 bits per heavy atom. The lowest BCUT2D eigenvalue weighted by Crippen LogP contribution is -2.23. The van der Waals surface area contributed by atoms with E-state index >= 15 is 0 Å². The van der Waals surface area contributed by atoms with Crippen molar-refractivity contribution in [1.29, 1.82) is 0 Å². The Kier molecular flexibility index (Phi) is 4.09. The molecule has 1 aliphatic rings. The summed E-state index contributed by atoms with van der Waals surface area (Å²) in [5.74, 6) is -1.29. The van der Waals surface area contributed by atoms with Gasteiger partial charge in [0, 0.05) is 25.2 Å². The van der Waals surface area contributed by atoms with Gasteiger partial charge in [0.05, 0.1) is 0 Å². The number of fused-ring (bicyclic) bond motifs is 1. The second-order valence-corrected chi connectivity index (χ2v) is 6.28. The van der Waals surface area contributed by atoms with Crippen LogP contribution in [-0.2, 0) is 24.3 Å². The van der Waals surface area contributed by atoms with E-state index in [1.54, 1.807) is 5.38 Å². The van der Waals surface area contributed by atoms with Crippen molar-refractivity contribution >= 4 is 38.2 Å². The van der Waals surface area contributed by atoms with Crippen LogP contribution in [0, 0.1) is 0 Å². The van der Waals surface area contributed by atoms with Gasteiger partial charge in [0.1, 0.15) is 22.2 Å². The average Bonchev–Trinajstić information content (AvgIpc) is 2.74. The lowest BCUT2D eigenvalue weighted by molar-refractivity contribution is -0.135. The number of nitrogens with one attached hydrogen (secondary N) is 1. The smallest absolute Gasteiger partial charge is 0.311 e. The predicted molar refractivity (Wildman–Crippen MR) is 71.6 cm³/mol. The lowest BCUT2D eigenvalue weighted by atomic mass is 10.3. The largest absolute Gasteiger partial charge is 0.481 e. The molecule has 0 bridgehead atoms. The number of aliphatic carboxylic acids is 1. The molecule has 2 rings (SSSR count). The summed E-state index contributed by atoms with van der Waals surface area (Å²) in [4.78, 5) is 10.6. The third-order valence-electron chi connectivity index (χ3n) is 2.52. The van der Waals surface area contributed by atoms with E-state index in [1.165, 1.54) is 14.2 Å². The Morgan fingerprint density at radius 2 is 2.15 bits per heavy atom. The molecule has 0 atom stereocenters. The van der Waals surface area contributed by atoms with E-state index < -0.39 is 28.7 Å². The van der Waals surface area contributed by atoms with Crippen LogP contribution in [-0.4, -0.2) is 39.5 Å². The molecule has 2 N–H and O–H groups in total. The molecular weight excluding hydrogens is 308 g/mol. The summed E-state index contributed by atoms with van der Waals surface area (Å²) in [6.07, 6.45) is -1.33. The number of sulfonamides is 1. The van der Waals surface area contributed by atoms with E-state index in [9.17, 15) is 13.2 Å². The second kappa shape index (κ2) is 5.48. The molecule has 0 saturated heterocycles. The summed E-state index contributed by atoms with van der Waals surface area (Å²) in [5, 5.41) is 13.3. The molecule has 1 aromatic rings. The van der Waals surface area contributed by atoms with Gasteiger partial charge < -0.3 is 19.9 Å². The number of hydrogen-bond acceptors (Lipinski definition) is 7. The fourth-order valence-electron chi connectivity index (χ4n) is 1.79. The van der Waals surface area contributed by atoms with Gasteiger partial charge in [0.2, 0.25) is 0 Å². The first-order valence-corrected chi connectivity index (χ1v) is 7.70. The van der Waals surface area contributed by atoms with Crippen molar-refractivity contribution in [2.24, 2.45) is 4.40 Å². The Labute approximate surface area is 119 Å². The zero-order valence-corrected chi connectivity index (χ0v) is 12.2. The molecule has 1 aliphatic heterocycles. The maximum atomic E-state index is 12.2. The molecule has 1 aromatic heterocycles. The molecule has 0 unspecified atom stereocenters. The Bertz CT molecular complexity index is 659. The number of ether oxygens (including phenoxy) is 2. The van der Waals surface area contributed by atoms with Gasteiger partial charge in [-0.3, -0.25) is 4.79 Å². The topological polar surface area (TPSA) is 114 Å². The van der Waals surface area contributed by atoms with Crippen molar-refractivity contribution in [3.05, 3.63) is 10.9 Å². The molecule has 0 aromatic carbocycles. The molecule has 0 spiro atoms. The normalized spacial score (nSPS) is 16.4. The molecule has 20 heavy (non-hydrogen) atoms. The molecule has 0 saturated carbocycles. The molecule has 110 valence electrons. The van der Waals surface area contributed by atoms with Gasteiger partial charge in [0.25, 0.3) is 10.0 Å². The van der Waals surface area contributed by atoms with Gasteiger partial charge in [0.15, 0.2) is 6.29 Å². The van der Waals surface area contributed by atoms with Crippen molar-refractivity contribution in [3.63, 3.8) is 0 Å². The third-order valence-corrected chi connectivity index (χ3v) is 4.98. The monoisotopic (exact) mass is 320 g/mol. The SMILES string of the molecule is COC(OC)c1csc2c1S(=O)(=O)N=C(CC(=O)O)N2. The first-order valence-electron chi connectivity index (χ1n) is 5.38. The number of methoxy groups -OCH3 is 2. The molecule has 2 heterocycles. The number of carboxylic acid groups (broad SMARTS) is 1. The Hall–Kier alpha value is -1.49. The Balaban J connectivity index is 2.47. The number of anilines is 1. The summed E-state index contributed by atoms with van der Waals surface area (Å²) in [6, 6.07) is 0.